The van der Waals surface area contributed by atoms with Gasteiger partial charge in [-0.1, -0.05) is 6.07 Å². The molecule has 0 radical (unpaired) electrons. The maximum Gasteiger partial charge on any atom is 0.269 e. The van der Waals surface area contributed by atoms with Crippen LogP contribution in [-0.2, 0) is 11.2 Å². The van der Waals surface area contributed by atoms with E-state index >= 15 is 0 Å². The first-order valence-electron chi connectivity index (χ1n) is 9.50. The number of ether oxygens (including phenoxy) is 3. The Morgan fingerprint density at radius 3 is 2.75 bits per heavy atom. The van der Waals surface area contributed by atoms with Crippen LogP contribution < -0.4 is 20.1 Å². The van der Waals surface area contributed by atoms with Gasteiger partial charge in [0.1, 0.15) is 5.69 Å². The number of rotatable bonds is 9. The summed E-state index contributed by atoms with van der Waals surface area (Å²) in [6.07, 6.45) is 4.68. The van der Waals surface area contributed by atoms with Crippen LogP contribution in [0.1, 0.15) is 28.9 Å². The molecule has 0 saturated carbocycles. The molecule has 28 heavy (non-hydrogen) atoms. The molecule has 1 aliphatic heterocycles. The second kappa shape index (κ2) is 9.94. The lowest BCUT2D eigenvalue weighted by molar-refractivity contribution is 0.0854. The second-order valence-corrected chi connectivity index (χ2v) is 6.64. The van der Waals surface area contributed by atoms with Gasteiger partial charge in [0.25, 0.3) is 5.91 Å². The van der Waals surface area contributed by atoms with Crippen molar-refractivity contribution >= 4 is 11.6 Å². The van der Waals surface area contributed by atoms with E-state index in [4.69, 9.17) is 14.2 Å². The number of methoxy groups -OCH3 is 2. The highest BCUT2D eigenvalue weighted by Crippen LogP contribution is 2.27. The van der Waals surface area contributed by atoms with Crippen LogP contribution in [0, 0.1) is 0 Å². The number of amides is 1. The topological polar surface area (TPSA) is 81.7 Å². The van der Waals surface area contributed by atoms with Gasteiger partial charge in [-0.2, -0.15) is 0 Å². The fourth-order valence-corrected chi connectivity index (χ4v) is 3.12. The summed E-state index contributed by atoms with van der Waals surface area (Å²) < 4.78 is 16.1. The standard InChI is InChI=1S/C21H27N3O4/c1-26-19-8-5-15(12-20(19)27-2)9-10-22-16-6-7-18(23-13-16)21(25)24-14-17-4-3-11-28-17/h5-8,12-13,17,22H,3-4,9-11,14H2,1-2H3,(H,24,25). The third-order valence-corrected chi connectivity index (χ3v) is 4.70. The number of carbonyl (C=O) groups is 1. The Hall–Kier alpha value is -2.80. The summed E-state index contributed by atoms with van der Waals surface area (Å²) in [5.41, 5.74) is 2.42. The summed E-state index contributed by atoms with van der Waals surface area (Å²) in [7, 11) is 3.25. The summed E-state index contributed by atoms with van der Waals surface area (Å²) in [6, 6.07) is 9.48. The zero-order valence-electron chi connectivity index (χ0n) is 16.4. The van der Waals surface area contributed by atoms with Gasteiger partial charge >= 0.3 is 0 Å². The molecule has 150 valence electrons. The van der Waals surface area contributed by atoms with E-state index in [0.29, 0.717) is 12.2 Å². The Kier molecular flexibility index (Phi) is 7.08. The highest BCUT2D eigenvalue weighted by molar-refractivity contribution is 5.92. The highest BCUT2D eigenvalue weighted by atomic mass is 16.5. The van der Waals surface area contributed by atoms with Crippen LogP contribution in [-0.4, -0.2) is 50.9 Å². The molecule has 7 nitrogen and oxygen atoms in total. The fourth-order valence-electron chi connectivity index (χ4n) is 3.12. The number of hydrogen-bond donors (Lipinski definition) is 2. The van der Waals surface area contributed by atoms with Gasteiger partial charge in [-0.15, -0.1) is 0 Å². The van der Waals surface area contributed by atoms with Gasteiger partial charge in [-0.25, -0.2) is 4.98 Å². The first-order chi connectivity index (χ1) is 13.7. The molecule has 1 aromatic heterocycles. The molecule has 2 N–H and O–H groups in total. The van der Waals surface area contributed by atoms with E-state index in [1.54, 1.807) is 26.5 Å². The molecule has 1 fully saturated rings. The molecular weight excluding hydrogens is 358 g/mol. The van der Waals surface area contributed by atoms with E-state index in [1.807, 2.05) is 24.3 Å². The van der Waals surface area contributed by atoms with Crippen molar-refractivity contribution in [1.82, 2.24) is 10.3 Å². The molecule has 1 unspecified atom stereocenters. The van der Waals surface area contributed by atoms with Crippen LogP contribution in [0.2, 0.25) is 0 Å². The minimum absolute atomic E-state index is 0.126. The van der Waals surface area contributed by atoms with E-state index in [9.17, 15) is 4.79 Å². The van der Waals surface area contributed by atoms with Crippen molar-refractivity contribution in [2.24, 2.45) is 0 Å². The zero-order chi connectivity index (χ0) is 19.8. The average molecular weight is 385 g/mol. The van der Waals surface area contributed by atoms with Crippen molar-refractivity contribution in [3.63, 3.8) is 0 Å². The lowest BCUT2D eigenvalue weighted by Crippen LogP contribution is -2.32. The van der Waals surface area contributed by atoms with Crippen LogP contribution in [0.5, 0.6) is 11.5 Å². The molecule has 1 aromatic carbocycles. The van der Waals surface area contributed by atoms with Crippen molar-refractivity contribution in [2.75, 3.05) is 39.2 Å². The van der Waals surface area contributed by atoms with E-state index < -0.39 is 0 Å². The molecule has 2 heterocycles. The fraction of sp³-hybridized carbons (Fsp3) is 0.429. The van der Waals surface area contributed by atoms with Gasteiger partial charge in [0.2, 0.25) is 0 Å². The largest absolute Gasteiger partial charge is 0.493 e. The SMILES string of the molecule is COc1ccc(CCNc2ccc(C(=O)NCC3CCCO3)nc2)cc1OC. The lowest BCUT2D eigenvalue weighted by atomic mass is 10.1. The van der Waals surface area contributed by atoms with Gasteiger partial charge in [-0.3, -0.25) is 4.79 Å². The van der Waals surface area contributed by atoms with Crippen LogP contribution >= 0.6 is 0 Å². The first-order valence-corrected chi connectivity index (χ1v) is 9.50. The van der Waals surface area contributed by atoms with Crippen LogP contribution in [0.3, 0.4) is 0 Å². The summed E-state index contributed by atoms with van der Waals surface area (Å²) in [5.74, 6) is 1.27. The summed E-state index contributed by atoms with van der Waals surface area (Å²) in [6.45, 7) is 2.05. The molecule has 0 spiro atoms. The number of benzene rings is 1. The monoisotopic (exact) mass is 385 g/mol. The number of aromatic nitrogens is 1. The van der Waals surface area contributed by atoms with Crippen LogP contribution in [0.4, 0.5) is 5.69 Å². The van der Waals surface area contributed by atoms with Gasteiger partial charge in [0.15, 0.2) is 11.5 Å². The third kappa shape index (κ3) is 5.36. The zero-order valence-corrected chi connectivity index (χ0v) is 16.4. The van der Waals surface area contributed by atoms with Crippen LogP contribution in [0.25, 0.3) is 0 Å². The maximum absolute atomic E-state index is 12.2. The Labute approximate surface area is 165 Å². The number of hydrogen-bond acceptors (Lipinski definition) is 6. The van der Waals surface area contributed by atoms with Gasteiger partial charge in [-0.05, 0) is 49.1 Å². The minimum Gasteiger partial charge on any atom is -0.493 e. The van der Waals surface area contributed by atoms with Gasteiger partial charge in [0.05, 0.1) is 32.2 Å². The van der Waals surface area contributed by atoms with Gasteiger partial charge < -0.3 is 24.8 Å². The van der Waals surface area contributed by atoms with E-state index in [0.717, 1.165) is 55.2 Å². The van der Waals surface area contributed by atoms with Crippen molar-refractivity contribution in [1.29, 1.82) is 0 Å². The normalized spacial score (nSPS) is 15.9. The van der Waals surface area contributed by atoms with Crippen LogP contribution in [0.15, 0.2) is 36.5 Å². The van der Waals surface area contributed by atoms with E-state index in [1.165, 1.54) is 0 Å². The molecule has 7 heteroatoms. The summed E-state index contributed by atoms with van der Waals surface area (Å²) >= 11 is 0. The Morgan fingerprint density at radius 2 is 2.07 bits per heavy atom. The number of nitrogens with zero attached hydrogens (tertiary/aromatic N) is 1. The molecule has 0 bridgehead atoms. The smallest absolute Gasteiger partial charge is 0.269 e. The number of anilines is 1. The predicted molar refractivity (Wildman–Crippen MR) is 107 cm³/mol. The number of carbonyl (C=O) groups excluding carboxylic acids is 1. The minimum atomic E-state index is -0.174. The number of nitrogens with one attached hydrogen (secondary N) is 2. The Bertz CT molecular complexity index is 774. The molecule has 1 amide bonds. The van der Waals surface area contributed by atoms with Crippen molar-refractivity contribution in [3.05, 3.63) is 47.8 Å². The average Bonchev–Trinajstić information content (AvgIpc) is 3.26. The summed E-state index contributed by atoms with van der Waals surface area (Å²) in [5, 5.41) is 6.19. The second-order valence-electron chi connectivity index (χ2n) is 6.64. The van der Waals surface area contributed by atoms with Gasteiger partial charge in [0, 0.05) is 19.7 Å². The molecule has 1 aliphatic rings. The van der Waals surface area contributed by atoms with Crippen molar-refractivity contribution in [3.8, 4) is 11.5 Å². The highest BCUT2D eigenvalue weighted by Gasteiger charge is 2.17. The molecule has 0 aliphatic carbocycles. The maximum atomic E-state index is 12.2. The Balaban J connectivity index is 1.45. The number of pyridine rings is 1. The molecule has 1 atom stereocenters. The molecule has 1 saturated heterocycles. The van der Waals surface area contributed by atoms with Crippen molar-refractivity contribution in [2.45, 2.75) is 25.4 Å². The first kappa shape index (κ1) is 19.9. The predicted octanol–water partition coefficient (Wildman–Crippen LogP) is 2.66. The molecule has 3 rings (SSSR count). The molecular formula is C21H27N3O4. The third-order valence-electron chi connectivity index (χ3n) is 4.70. The Morgan fingerprint density at radius 1 is 1.21 bits per heavy atom. The quantitative estimate of drug-likeness (QED) is 0.691. The molecule has 2 aromatic rings. The van der Waals surface area contributed by atoms with Crippen molar-refractivity contribution < 1.29 is 19.0 Å². The van der Waals surface area contributed by atoms with E-state index in [2.05, 4.69) is 15.6 Å². The summed E-state index contributed by atoms with van der Waals surface area (Å²) in [4.78, 5) is 16.4. The van der Waals surface area contributed by atoms with E-state index in [-0.39, 0.29) is 12.0 Å². The lowest BCUT2D eigenvalue weighted by Gasteiger charge is -2.11.